The van der Waals surface area contributed by atoms with Crippen LogP contribution in [0.1, 0.15) is 65.2 Å². The number of hydrogen-bond acceptors (Lipinski definition) is 4. The predicted molar refractivity (Wildman–Crippen MR) is 75.6 cm³/mol. The van der Waals surface area contributed by atoms with Gasteiger partial charge in [0.05, 0.1) is 12.2 Å². The lowest BCUT2D eigenvalue weighted by Crippen LogP contribution is -2.08. The van der Waals surface area contributed by atoms with Gasteiger partial charge in [0.1, 0.15) is 0 Å². The van der Waals surface area contributed by atoms with Crippen LogP contribution in [0.3, 0.4) is 0 Å². The van der Waals surface area contributed by atoms with Gasteiger partial charge in [-0.25, -0.2) is 0 Å². The van der Waals surface area contributed by atoms with E-state index in [0.717, 1.165) is 6.42 Å². The van der Waals surface area contributed by atoms with E-state index in [-0.39, 0.29) is 18.9 Å². The van der Waals surface area contributed by atoms with Crippen molar-refractivity contribution >= 4 is 11.9 Å². The Morgan fingerprint density at radius 3 is 1.80 bits per heavy atom. The minimum atomic E-state index is -0.838. The highest BCUT2D eigenvalue weighted by atomic mass is 16.4. The molecule has 0 heterocycles. The highest BCUT2D eigenvalue weighted by molar-refractivity contribution is 5.66. The van der Waals surface area contributed by atoms with Gasteiger partial charge in [-0.05, 0) is 32.1 Å². The molecule has 0 aliphatic rings. The highest BCUT2D eigenvalue weighted by Gasteiger charge is 2.04. The van der Waals surface area contributed by atoms with Crippen LogP contribution in [0, 0.1) is 0 Å². The normalized spacial score (nSPS) is 13.0. The summed E-state index contributed by atoms with van der Waals surface area (Å²) in [6.45, 7) is 3.84. The Kier molecular flexibility index (Phi) is 15.1. The van der Waals surface area contributed by atoms with Gasteiger partial charge in [0.2, 0.25) is 0 Å². The van der Waals surface area contributed by atoms with E-state index in [9.17, 15) is 9.59 Å². The minimum absolute atomic E-state index is 0.0706. The maximum atomic E-state index is 10.00. The Labute approximate surface area is 120 Å². The SMILES string of the molecule is CCC(O)CCCC(=O)O.CCCC(O)CCC(=O)O. The molecule has 0 spiro atoms. The van der Waals surface area contributed by atoms with Crippen molar-refractivity contribution < 1.29 is 30.0 Å². The number of carboxylic acid groups (broad SMARTS) is 2. The molecule has 0 aliphatic heterocycles. The van der Waals surface area contributed by atoms with Crippen LogP contribution < -0.4 is 0 Å². The molecule has 0 aromatic rings. The van der Waals surface area contributed by atoms with Crippen LogP contribution in [-0.2, 0) is 9.59 Å². The van der Waals surface area contributed by atoms with Gasteiger partial charge in [-0.15, -0.1) is 0 Å². The van der Waals surface area contributed by atoms with Gasteiger partial charge in [-0.2, -0.15) is 0 Å². The molecule has 2 unspecified atom stereocenters. The number of aliphatic carboxylic acids is 2. The standard InChI is InChI=1S/2C7H14O3/c1-2-6(8)4-3-5-7(9)10;1-2-3-6(8)4-5-7(9)10/h2*6,8H,2-5H2,1H3,(H,9,10). The number of rotatable bonds is 10. The second-order valence-electron chi connectivity index (χ2n) is 4.72. The third-order valence-electron chi connectivity index (χ3n) is 2.71. The van der Waals surface area contributed by atoms with Crippen molar-refractivity contribution in [3.63, 3.8) is 0 Å². The molecule has 0 aromatic carbocycles. The Bertz CT molecular complexity index is 254. The second-order valence-corrected chi connectivity index (χ2v) is 4.72. The lowest BCUT2D eigenvalue weighted by molar-refractivity contribution is -0.138. The monoisotopic (exact) mass is 292 g/mol. The second kappa shape index (κ2) is 14.3. The van der Waals surface area contributed by atoms with Crippen molar-refractivity contribution in [1.82, 2.24) is 0 Å². The van der Waals surface area contributed by atoms with Crippen molar-refractivity contribution in [3.05, 3.63) is 0 Å². The van der Waals surface area contributed by atoms with E-state index in [2.05, 4.69) is 0 Å². The molecule has 0 rings (SSSR count). The Morgan fingerprint density at radius 1 is 0.850 bits per heavy atom. The lowest BCUT2D eigenvalue weighted by atomic mass is 10.1. The Morgan fingerprint density at radius 2 is 1.40 bits per heavy atom. The van der Waals surface area contributed by atoms with Crippen molar-refractivity contribution in [3.8, 4) is 0 Å². The lowest BCUT2D eigenvalue weighted by Gasteiger charge is -2.05. The summed E-state index contributed by atoms with van der Waals surface area (Å²) in [6.07, 6.45) is 3.35. The minimum Gasteiger partial charge on any atom is -0.481 e. The predicted octanol–water partition coefficient (Wildman–Crippen LogP) is 2.02. The molecule has 0 fully saturated rings. The quantitative estimate of drug-likeness (QED) is 0.489. The van der Waals surface area contributed by atoms with Crippen LogP contribution in [0.4, 0.5) is 0 Å². The molecule has 4 N–H and O–H groups in total. The van der Waals surface area contributed by atoms with E-state index in [1.54, 1.807) is 0 Å². The van der Waals surface area contributed by atoms with Crippen LogP contribution in [0.15, 0.2) is 0 Å². The van der Waals surface area contributed by atoms with Gasteiger partial charge < -0.3 is 20.4 Å². The smallest absolute Gasteiger partial charge is 0.303 e. The number of carboxylic acids is 2. The number of hydrogen-bond donors (Lipinski definition) is 4. The number of carbonyl (C=O) groups is 2. The van der Waals surface area contributed by atoms with E-state index in [1.165, 1.54) is 0 Å². The molecule has 120 valence electrons. The van der Waals surface area contributed by atoms with Crippen LogP contribution >= 0.6 is 0 Å². The Hall–Kier alpha value is -1.14. The van der Waals surface area contributed by atoms with Gasteiger partial charge in [0.25, 0.3) is 0 Å². The summed E-state index contributed by atoms with van der Waals surface area (Å²) in [5, 5.41) is 34.4. The van der Waals surface area contributed by atoms with Crippen LogP contribution in [0.5, 0.6) is 0 Å². The molecule has 0 aliphatic carbocycles. The third kappa shape index (κ3) is 19.2. The first kappa shape index (κ1) is 21.2. The maximum absolute atomic E-state index is 10.00. The largest absolute Gasteiger partial charge is 0.481 e. The fourth-order valence-corrected chi connectivity index (χ4v) is 1.46. The molecule has 0 aromatic heterocycles. The van der Waals surface area contributed by atoms with Gasteiger partial charge >= 0.3 is 11.9 Å². The molecule has 0 radical (unpaired) electrons. The molecule has 0 saturated carbocycles. The first-order chi connectivity index (χ1) is 9.33. The molecule has 0 amide bonds. The maximum Gasteiger partial charge on any atom is 0.303 e. The van der Waals surface area contributed by atoms with Gasteiger partial charge in [-0.1, -0.05) is 20.3 Å². The molecule has 0 bridgehead atoms. The van der Waals surface area contributed by atoms with Gasteiger partial charge in [-0.3, -0.25) is 9.59 Å². The number of aliphatic hydroxyl groups excluding tert-OH is 2. The van der Waals surface area contributed by atoms with E-state index >= 15 is 0 Å². The average molecular weight is 292 g/mol. The highest BCUT2D eigenvalue weighted by Crippen LogP contribution is 2.03. The Balaban J connectivity index is 0. The van der Waals surface area contributed by atoms with E-state index in [4.69, 9.17) is 20.4 Å². The summed E-state index contributed by atoms with van der Waals surface area (Å²) < 4.78 is 0. The van der Waals surface area contributed by atoms with Gasteiger partial charge in [0.15, 0.2) is 0 Å². The van der Waals surface area contributed by atoms with E-state index in [0.29, 0.717) is 32.1 Å². The molecule has 6 heteroatoms. The summed E-state index contributed by atoms with van der Waals surface area (Å²) in [4.78, 5) is 20.0. The van der Waals surface area contributed by atoms with Crippen LogP contribution in [0.2, 0.25) is 0 Å². The summed E-state index contributed by atoms with van der Waals surface area (Å²) in [5.41, 5.74) is 0. The van der Waals surface area contributed by atoms with Crippen molar-refractivity contribution in [2.45, 2.75) is 77.4 Å². The fraction of sp³-hybridized carbons (Fsp3) is 0.857. The number of aliphatic hydroxyl groups is 2. The van der Waals surface area contributed by atoms with Gasteiger partial charge in [0, 0.05) is 12.8 Å². The molecule has 20 heavy (non-hydrogen) atoms. The van der Waals surface area contributed by atoms with Crippen molar-refractivity contribution in [2.24, 2.45) is 0 Å². The summed E-state index contributed by atoms with van der Waals surface area (Å²) in [5.74, 6) is -1.63. The van der Waals surface area contributed by atoms with E-state index < -0.39 is 18.0 Å². The fourth-order valence-electron chi connectivity index (χ4n) is 1.46. The van der Waals surface area contributed by atoms with Crippen molar-refractivity contribution in [2.75, 3.05) is 0 Å². The van der Waals surface area contributed by atoms with Crippen LogP contribution in [-0.4, -0.2) is 44.6 Å². The molecule has 6 nitrogen and oxygen atoms in total. The third-order valence-corrected chi connectivity index (χ3v) is 2.71. The van der Waals surface area contributed by atoms with E-state index in [1.807, 2.05) is 13.8 Å². The zero-order valence-electron chi connectivity index (χ0n) is 12.4. The molecular formula is C14H28O6. The zero-order chi connectivity index (χ0) is 16.0. The first-order valence-electron chi connectivity index (χ1n) is 7.13. The summed E-state index contributed by atoms with van der Waals surface area (Å²) >= 11 is 0. The molecule has 0 saturated heterocycles. The zero-order valence-corrected chi connectivity index (χ0v) is 12.4. The van der Waals surface area contributed by atoms with Crippen molar-refractivity contribution in [1.29, 1.82) is 0 Å². The average Bonchev–Trinajstić information content (AvgIpc) is 2.37. The first-order valence-corrected chi connectivity index (χ1v) is 7.13. The summed E-state index contributed by atoms with van der Waals surface area (Å²) in [7, 11) is 0. The molecule has 2 atom stereocenters. The topological polar surface area (TPSA) is 115 Å². The van der Waals surface area contributed by atoms with Crippen LogP contribution in [0.25, 0.3) is 0 Å². The molecular weight excluding hydrogens is 264 g/mol. The summed E-state index contributed by atoms with van der Waals surface area (Å²) in [6, 6.07) is 0.